The maximum absolute atomic E-state index is 12.0. The standard InChI is InChI=1S/C14H20ClN3O2S/c1-9-7-11(15)17-12(16-9)21-10-5-6-18(8-10)13(19)20-14(2,3)4/h7,10H,5-6,8H2,1-4H3/t10-/m1/s1. The van der Waals surface area contributed by atoms with Crippen LogP contribution >= 0.6 is 23.4 Å². The van der Waals surface area contributed by atoms with E-state index in [1.807, 2.05) is 27.7 Å². The second-order valence-corrected chi connectivity index (χ2v) is 7.72. The Morgan fingerprint density at radius 3 is 2.81 bits per heavy atom. The molecule has 1 aromatic heterocycles. The van der Waals surface area contributed by atoms with E-state index in [9.17, 15) is 4.79 Å². The summed E-state index contributed by atoms with van der Waals surface area (Å²) >= 11 is 7.50. The van der Waals surface area contributed by atoms with Crippen molar-refractivity contribution in [2.24, 2.45) is 0 Å². The van der Waals surface area contributed by atoms with Crippen LogP contribution in [0.3, 0.4) is 0 Å². The maximum atomic E-state index is 12.0. The van der Waals surface area contributed by atoms with Gasteiger partial charge in [-0.3, -0.25) is 0 Å². The molecular weight excluding hydrogens is 310 g/mol. The van der Waals surface area contributed by atoms with Gasteiger partial charge in [-0.2, -0.15) is 0 Å². The fourth-order valence-corrected chi connectivity index (χ4v) is 3.43. The lowest BCUT2D eigenvalue weighted by atomic mass is 10.2. The molecule has 2 rings (SSSR count). The molecule has 0 unspecified atom stereocenters. The van der Waals surface area contributed by atoms with Gasteiger partial charge in [0.25, 0.3) is 0 Å². The Labute approximate surface area is 134 Å². The van der Waals surface area contributed by atoms with E-state index >= 15 is 0 Å². The zero-order chi connectivity index (χ0) is 15.6. The highest BCUT2D eigenvalue weighted by Gasteiger charge is 2.30. The number of hydrogen-bond donors (Lipinski definition) is 0. The van der Waals surface area contributed by atoms with Crippen molar-refractivity contribution in [2.45, 2.75) is 50.1 Å². The molecule has 0 aliphatic carbocycles. The number of carbonyl (C=O) groups excluding carboxylic acids is 1. The number of likely N-dealkylation sites (tertiary alicyclic amines) is 1. The van der Waals surface area contributed by atoms with E-state index in [2.05, 4.69) is 9.97 Å². The molecule has 5 nitrogen and oxygen atoms in total. The fourth-order valence-electron chi connectivity index (χ4n) is 2.02. The predicted octanol–water partition coefficient (Wildman–Crippen LogP) is 3.54. The molecule has 7 heteroatoms. The van der Waals surface area contributed by atoms with E-state index in [0.717, 1.165) is 12.1 Å². The zero-order valence-electron chi connectivity index (χ0n) is 12.7. The largest absolute Gasteiger partial charge is 0.444 e. The number of rotatable bonds is 2. The minimum Gasteiger partial charge on any atom is -0.444 e. The Hall–Kier alpha value is -1.01. The summed E-state index contributed by atoms with van der Waals surface area (Å²) in [5.41, 5.74) is 0.384. The maximum Gasteiger partial charge on any atom is 0.410 e. The van der Waals surface area contributed by atoms with Crippen molar-refractivity contribution in [2.75, 3.05) is 13.1 Å². The third-order valence-electron chi connectivity index (χ3n) is 2.87. The molecule has 1 aromatic rings. The highest BCUT2D eigenvalue weighted by Crippen LogP contribution is 2.29. The van der Waals surface area contributed by atoms with Crippen LogP contribution in [0.2, 0.25) is 5.15 Å². The van der Waals surface area contributed by atoms with Gasteiger partial charge in [-0.25, -0.2) is 14.8 Å². The zero-order valence-corrected chi connectivity index (χ0v) is 14.3. The molecule has 1 saturated heterocycles. The van der Waals surface area contributed by atoms with Gasteiger partial charge in [0.05, 0.1) is 0 Å². The summed E-state index contributed by atoms with van der Waals surface area (Å²) in [6.45, 7) is 8.85. The topological polar surface area (TPSA) is 55.3 Å². The third-order valence-corrected chi connectivity index (χ3v) is 4.18. The molecule has 1 fully saturated rings. The number of thioether (sulfide) groups is 1. The molecule has 0 radical (unpaired) electrons. The molecule has 1 amide bonds. The van der Waals surface area contributed by atoms with Crippen molar-refractivity contribution in [1.29, 1.82) is 0 Å². The van der Waals surface area contributed by atoms with Crippen molar-refractivity contribution < 1.29 is 9.53 Å². The number of carbonyl (C=O) groups is 1. The van der Waals surface area contributed by atoms with Gasteiger partial charge in [0.15, 0.2) is 5.16 Å². The lowest BCUT2D eigenvalue weighted by Crippen LogP contribution is -2.35. The summed E-state index contributed by atoms with van der Waals surface area (Å²) in [6, 6.07) is 1.73. The van der Waals surface area contributed by atoms with Gasteiger partial charge in [0.1, 0.15) is 10.8 Å². The highest BCUT2D eigenvalue weighted by molar-refractivity contribution is 7.99. The van der Waals surface area contributed by atoms with Crippen LogP contribution in [0.4, 0.5) is 4.79 Å². The number of halogens is 1. The van der Waals surface area contributed by atoms with E-state index in [0.29, 0.717) is 23.4 Å². The molecule has 0 bridgehead atoms. The average molecular weight is 330 g/mol. The molecule has 0 aromatic carbocycles. The van der Waals surface area contributed by atoms with Crippen molar-refractivity contribution in [3.63, 3.8) is 0 Å². The first kappa shape index (κ1) is 16.4. The minimum absolute atomic E-state index is 0.256. The fraction of sp³-hybridized carbons (Fsp3) is 0.643. The van der Waals surface area contributed by atoms with Gasteiger partial charge < -0.3 is 9.64 Å². The molecule has 0 saturated carbocycles. The SMILES string of the molecule is Cc1cc(Cl)nc(S[C@@H]2CCN(C(=O)OC(C)(C)C)C2)n1. The van der Waals surface area contributed by atoms with E-state index < -0.39 is 5.60 Å². The number of aryl methyl sites for hydroxylation is 1. The van der Waals surface area contributed by atoms with E-state index in [4.69, 9.17) is 16.3 Å². The van der Waals surface area contributed by atoms with Crippen LogP contribution in [0.5, 0.6) is 0 Å². The van der Waals surface area contributed by atoms with Gasteiger partial charge in [-0.05, 0) is 40.2 Å². The summed E-state index contributed by atoms with van der Waals surface area (Å²) < 4.78 is 5.38. The lowest BCUT2D eigenvalue weighted by molar-refractivity contribution is 0.0295. The Bertz CT molecular complexity index is 513. The first-order valence-electron chi connectivity index (χ1n) is 6.89. The molecule has 116 valence electrons. The number of nitrogens with zero attached hydrogens (tertiary/aromatic N) is 3. The summed E-state index contributed by atoms with van der Waals surface area (Å²) in [4.78, 5) is 22.3. The molecule has 0 N–H and O–H groups in total. The Morgan fingerprint density at radius 2 is 2.19 bits per heavy atom. The van der Waals surface area contributed by atoms with Crippen LogP contribution in [0.1, 0.15) is 32.9 Å². The monoisotopic (exact) mass is 329 g/mol. The molecule has 1 aliphatic heterocycles. The van der Waals surface area contributed by atoms with E-state index in [1.54, 1.807) is 22.7 Å². The van der Waals surface area contributed by atoms with Gasteiger partial charge in [-0.1, -0.05) is 23.4 Å². The molecule has 1 atom stereocenters. The van der Waals surface area contributed by atoms with Gasteiger partial charge in [0, 0.05) is 24.0 Å². The number of aromatic nitrogens is 2. The molecule has 0 spiro atoms. The predicted molar refractivity (Wildman–Crippen MR) is 83.8 cm³/mol. The molecular formula is C14H20ClN3O2S. The number of ether oxygens (including phenoxy) is 1. The average Bonchev–Trinajstić information content (AvgIpc) is 2.73. The van der Waals surface area contributed by atoms with Crippen LogP contribution in [-0.2, 0) is 4.74 Å². The first-order valence-corrected chi connectivity index (χ1v) is 8.14. The van der Waals surface area contributed by atoms with Crippen molar-refractivity contribution in [3.8, 4) is 0 Å². The van der Waals surface area contributed by atoms with E-state index in [1.165, 1.54) is 0 Å². The Morgan fingerprint density at radius 1 is 1.48 bits per heavy atom. The summed E-state index contributed by atoms with van der Waals surface area (Å²) in [5.74, 6) is 0. The Balaban J connectivity index is 1.92. The van der Waals surface area contributed by atoms with Crippen LogP contribution in [0.15, 0.2) is 11.2 Å². The second-order valence-electron chi connectivity index (χ2n) is 6.07. The van der Waals surface area contributed by atoms with Crippen LogP contribution < -0.4 is 0 Å². The van der Waals surface area contributed by atoms with Gasteiger partial charge in [0.2, 0.25) is 0 Å². The molecule has 1 aliphatic rings. The smallest absolute Gasteiger partial charge is 0.410 e. The third kappa shape index (κ3) is 5.04. The summed E-state index contributed by atoms with van der Waals surface area (Å²) in [5, 5.41) is 1.39. The van der Waals surface area contributed by atoms with Crippen LogP contribution in [0.25, 0.3) is 0 Å². The quantitative estimate of drug-likeness (QED) is 0.613. The van der Waals surface area contributed by atoms with Crippen LogP contribution in [0, 0.1) is 6.92 Å². The van der Waals surface area contributed by atoms with Crippen molar-refractivity contribution >= 4 is 29.5 Å². The van der Waals surface area contributed by atoms with Gasteiger partial charge >= 0.3 is 6.09 Å². The van der Waals surface area contributed by atoms with Crippen molar-refractivity contribution in [1.82, 2.24) is 14.9 Å². The first-order chi connectivity index (χ1) is 9.73. The van der Waals surface area contributed by atoms with Crippen molar-refractivity contribution in [3.05, 3.63) is 16.9 Å². The molecule has 2 heterocycles. The second kappa shape index (κ2) is 6.40. The van der Waals surface area contributed by atoms with Crippen LogP contribution in [-0.4, -0.2) is 44.9 Å². The number of amides is 1. The Kier molecular flexibility index (Phi) is 4.99. The summed E-state index contributed by atoms with van der Waals surface area (Å²) in [7, 11) is 0. The number of hydrogen-bond acceptors (Lipinski definition) is 5. The summed E-state index contributed by atoms with van der Waals surface area (Å²) in [6.07, 6.45) is 0.646. The molecule has 21 heavy (non-hydrogen) atoms. The van der Waals surface area contributed by atoms with E-state index in [-0.39, 0.29) is 11.3 Å². The van der Waals surface area contributed by atoms with Gasteiger partial charge in [-0.15, -0.1) is 0 Å². The lowest BCUT2D eigenvalue weighted by Gasteiger charge is -2.24. The normalized spacial score (nSPS) is 18.9. The highest BCUT2D eigenvalue weighted by atomic mass is 35.5. The minimum atomic E-state index is -0.463.